The molecule has 7 nitrogen and oxygen atoms in total. The number of rotatable bonds is 7. The lowest BCUT2D eigenvalue weighted by molar-refractivity contribution is -0.128. The van der Waals surface area contributed by atoms with Crippen LogP contribution in [0.5, 0.6) is 11.5 Å². The number of fused-ring (bicyclic) bond motifs is 1. The molecule has 2 atom stereocenters. The standard InChI is InChI=1S/C26H27ClN2O5S/c1-4-18-5-7-19(8-6-18)17(2)28-26(30)25-16-29(23-15-20(27)9-14-24(23)34-25)35(31,32)22-12-10-21(33-3)11-13-22/h5-15,17,25H,4,16H2,1-3H3,(H,28,30)/t17-,25+/m0/s1. The van der Waals surface area contributed by atoms with Gasteiger partial charge in [-0.1, -0.05) is 42.8 Å². The molecule has 0 radical (unpaired) electrons. The Balaban J connectivity index is 1.61. The minimum Gasteiger partial charge on any atom is -0.497 e. The maximum absolute atomic E-state index is 13.6. The Hall–Kier alpha value is -3.23. The highest BCUT2D eigenvalue weighted by atomic mass is 35.5. The Morgan fingerprint density at radius 3 is 2.46 bits per heavy atom. The van der Waals surface area contributed by atoms with E-state index in [-0.39, 0.29) is 28.9 Å². The third kappa shape index (κ3) is 5.23. The Labute approximate surface area is 210 Å². The average Bonchev–Trinajstić information content (AvgIpc) is 2.87. The van der Waals surface area contributed by atoms with E-state index in [2.05, 4.69) is 12.2 Å². The summed E-state index contributed by atoms with van der Waals surface area (Å²) >= 11 is 6.16. The lowest BCUT2D eigenvalue weighted by Crippen LogP contribution is -2.51. The van der Waals surface area contributed by atoms with Crippen LogP contribution in [0.2, 0.25) is 5.02 Å². The van der Waals surface area contributed by atoms with Crippen LogP contribution in [0.15, 0.2) is 71.6 Å². The molecule has 1 amide bonds. The molecule has 3 aromatic carbocycles. The number of amides is 1. The van der Waals surface area contributed by atoms with E-state index in [1.54, 1.807) is 24.3 Å². The molecule has 1 aliphatic heterocycles. The normalized spacial score (nSPS) is 16.1. The van der Waals surface area contributed by atoms with E-state index in [1.165, 1.54) is 35.2 Å². The quantitative estimate of drug-likeness (QED) is 0.492. The number of halogens is 1. The Morgan fingerprint density at radius 2 is 1.83 bits per heavy atom. The number of benzene rings is 3. The number of hydrogen-bond donors (Lipinski definition) is 1. The van der Waals surface area contributed by atoms with Crippen LogP contribution < -0.4 is 19.1 Å². The van der Waals surface area contributed by atoms with Crippen LogP contribution in [-0.4, -0.2) is 34.1 Å². The molecule has 1 heterocycles. The van der Waals surface area contributed by atoms with Crippen molar-refractivity contribution >= 4 is 33.2 Å². The Morgan fingerprint density at radius 1 is 1.14 bits per heavy atom. The van der Waals surface area contributed by atoms with Crippen LogP contribution in [0.1, 0.15) is 31.0 Å². The highest BCUT2D eigenvalue weighted by Crippen LogP contribution is 2.39. The maximum atomic E-state index is 13.6. The molecule has 0 saturated heterocycles. The van der Waals surface area contributed by atoms with Gasteiger partial charge in [-0.3, -0.25) is 9.10 Å². The fourth-order valence-corrected chi connectivity index (χ4v) is 5.53. The summed E-state index contributed by atoms with van der Waals surface area (Å²) in [6.45, 7) is 3.76. The minimum absolute atomic E-state index is 0.0645. The molecule has 1 aliphatic rings. The predicted molar refractivity (Wildman–Crippen MR) is 136 cm³/mol. The number of anilines is 1. The molecule has 35 heavy (non-hydrogen) atoms. The third-order valence-electron chi connectivity index (χ3n) is 5.98. The number of carbonyl (C=O) groups is 1. The van der Waals surface area contributed by atoms with Crippen molar-refractivity contribution in [3.05, 3.63) is 82.9 Å². The number of ether oxygens (including phenoxy) is 2. The zero-order valence-corrected chi connectivity index (χ0v) is 21.3. The van der Waals surface area contributed by atoms with Crippen molar-refractivity contribution in [2.75, 3.05) is 18.0 Å². The largest absolute Gasteiger partial charge is 0.497 e. The topological polar surface area (TPSA) is 84.9 Å². The van der Waals surface area contributed by atoms with Gasteiger partial charge in [-0.05, 0) is 66.9 Å². The summed E-state index contributed by atoms with van der Waals surface area (Å²) < 4.78 is 39.4. The van der Waals surface area contributed by atoms with Gasteiger partial charge in [0.25, 0.3) is 15.9 Å². The number of aryl methyl sites for hydroxylation is 1. The van der Waals surface area contributed by atoms with Gasteiger partial charge in [0.05, 0.1) is 30.3 Å². The fraction of sp³-hybridized carbons (Fsp3) is 0.269. The molecule has 0 saturated carbocycles. The van der Waals surface area contributed by atoms with Crippen molar-refractivity contribution in [3.63, 3.8) is 0 Å². The second-order valence-corrected chi connectivity index (χ2v) is 10.6. The van der Waals surface area contributed by atoms with Gasteiger partial charge in [0.1, 0.15) is 11.5 Å². The van der Waals surface area contributed by atoms with E-state index < -0.39 is 22.0 Å². The van der Waals surface area contributed by atoms with E-state index in [0.29, 0.717) is 10.8 Å². The zero-order chi connectivity index (χ0) is 25.2. The summed E-state index contributed by atoms with van der Waals surface area (Å²) in [6.07, 6.45) is -0.118. The highest BCUT2D eigenvalue weighted by Gasteiger charge is 2.38. The van der Waals surface area contributed by atoms with Gasteiger partial charge >= 0.3 is 0 Å². The van der Waals surface area contributed by atoms with Crippen LogP contribution in [0.25, 0.3) is 0 Å². The molecule has 0 aromatic heterocycles. The summed E-state index contributed by atoms with van der Waals surface area (Å²) in [4.78, 5) is 13.2. The van der Waals surface area contributed by atoms with Crippen molar-refractivity contribution in [3.8, 4) is 11.5 Å². The molecule has 1 N–H and O–H groups in total. The maximum Gasteiger partial charge on any atom is 0.264 e. The van der Waals surface area contributed by atoms with E-state index in [9.17, 15) is 13.2 Å². The smallest absolute Gasteiger partial charge is 0.264 e. The monoisotopic (exact) mass is 514 g/mol. The molecule has 3 aromatic rings. The summed E-state index contributed by atoms with van der Waals surface area (Å²) in [6, 6.07) is 18.5. The van der Waals surface area contributed by atoms with Gasteiger partial charge in [0.2, 0.25) is 0 Å². The van der Waals surface area contributed by atoms with Crippen molar-refractivity contribution in [1.29, 1.82) is 0 Å². The first-order valence-corrected chi connectivity index (χ1v) is 13.1. The average molecular weight is 515 g/mol. The first-order chi connectivity index (χ1) is 16.7. The van der Waals surface area contributed by atoms with Gasteiger partial charge in [-0.15, -0.1) is 0 Å². The van der Waals surface area contributed by atoms with Gasteiger partial charge in [0, 0.05) is 5.02 Å². The van der Waals surface area contributed by atoms with Crippen molar-refractivity contribution in [2.45, 2.75) is 37.3 Å². The Kier molecular flexibility index (Phi) is 7.23. The number of methoxy groups -OCH3 is 1. The predicted octanol–water partition coefficient (Wildman–Crippen LogP) is 4.74. The van der Waals surface area contributed by atoms with Crippen LogP contribution in [-0.2, 0) is 21.2 Å². The molecule has 9 heteroatoms. The number of carbonyl (C=O) groups excluding carboxylic acids is 1. The molecular weight excluding hydrogens is 488 g/mol. The minimum atomic E-state index is -4.01. The van der Waals surface area contributed by atoms with Gasteiger partial charge in [0.15, 0.2) is 6.10 Å². The molecule has 0 aliphatic carbocycles. The van der Waals surface area contributed by atoms with Crippen LogP contribution in [0, 0.1) is 0 Å². The molecule has 0 bridgehead atoms. The number of nitrogens with zero attached hydrogens (tertiary/aromatic N) is 1. The third-order valence-corrected chi connectivity index (χ3v) is 8.01. The van der Waals surface area contributed by atoms with E-state index >= 15 is 0 Å². The van der Waals surface area contributed by atoms with Crippen LogP contribution >= 0.6 is 11.6 Å². The number of sulfonamides is 1. The lowest BCUT2D eigenvalue weighted by atomic mass is 10.0. The lowest BCUT2D eigenvalue weighted by Gasteiger charge is -2.35. The Bertz CT molecular complexity index is 1310. The molecule has 0 unspecified atom stereocenters. The van der Waals surface area contributed by atoms with Gasteiger partial charge < -0.3 is 14.8 Å². The molecule has 0 fully saturated rings. The molecular formula is C26H27ClN2O5S. The molecule has 184 valence electrons. The second kappa shape index (κ2) is 10.2. The van der Waals surface area contributed by atoms with E-state index in [4.69, 9.17) is 21.1 Å². The fourth-order valence-electron chi connectivity index (χ4n) is 3.90. The second-order valence-electron chi connectivity index (χ2n) is 8.26. The summed E-state index contributed by atoms with van der Waals surface area (Å²) in [5.41, 5.74) is 2.43. The first kappa shape index (κ1) is 24.9. The summed E-state index contributed by atoms with van der Waals surface area (Å²) in [7, 11) is -2.51. The van der Waals surface area contributed by atoms with Gasteiger partial charge in [-0.2, -0.15) is 0 Å². The zero-order valence-electron chi connectivity index (χ0n) is 19.7. The molecule has 0 spiro atoms. The van der Waals surface area contributed by atoms with Gasteiger partial charge in [-0.25, -0.2) is 8.42 Å². The highest BCUT2D eigenvalue weighted by molar-refractivity contribution is 7.92. The SMILES string of the molecule is CCc1ccc([C@H](C)NC(=O)[C@H]2CN(S(=O)(=O)c3ccc(OC)cc3)c3cc(Cl)ccc3O2)cc1. The molecule has 4 rings (SSSR count). The van der Waals surface area contributed by atoms with E-state index in [0.717, 1.165) is 12.0 Å². The van der Waals surface area contributed by atoms with E-state index in [1.807, 2.05) is 31.2 Å². The number of hydrogen-bond acceptors (Lipinski definition) is 5. The first-order valence-electron chi connectivity index (χ1n) is 11.2. The number of nitrogens with one attached hydrogen (secondary N) is 1. The van der Waals surface area contributed by atoms with Crippen LogP contribution in [0.3, 0.4) is 0 Å². The van der Waals surface area contributed by atoms with Crippen LogP contribution in [0.4, 0.5) is 5.69 Å². The van der Waals surface area contributed by atoms with Crippen molar-refractivity contribution in [1.82, 2.24) is 5.32 Å². The summed E-state index contributed by atoms with van der Waals surface area (Å²) in [5, 5.41) is 3.30. The van der Waals surface area contributed by atoms with Crippen molar-refractivity contribution in [2.24, 2.45) is 0 Å². The summed E-state index contributed by atoms with van der Waals surface area (Å²) in [5.74, 6) is 0.387. The van der Waals surface area contributed by atoms with Crippen molar-refractivity contribution < 1.29 is 22.7 Å².